The maximum atomic E-state index is 13.8. The zero-order valence-corrected chi connectivity index (χ0v) is 12.0. The smallest absolute Gasteiger partial charge is 0.258 e. The molecule has 0 radical (unpaired) electrons. The predicted molar refractivity (Wildman–Crippen MR) is 72.1 cm³/mol. The molecule has 0 bridgehead atoms. The third-order valence-corrected chi connectivity index (χ3v) is 3.68. The number of halogens is 2. The molecule has 0 saturated carbocycles. The van der Waals surface area contributed by atoms with Crippen molar-refractivity contribution in [3.05, 3.63) is 34.1 Å². The fourth-order valence-corrected chi connectivity index (χ4v) is 2.86. The molecular weight excluding hydrogens is 299 g/mol. The van der Waals surface area contributed by atoms with E-state index in [2.05, 4.69) is 21.2 Å². The van der Waals surface area contributed by atoms with Crippen molar-refractivity contribution < 1.29 is 9.18 Å². The summed E-state index contributed by atoms with van der Waals surface area (Å²) >= 11 is 3.24. The van der Waals surface area contributed by atoms with E-state index in [1.54, 1.807) is 17.0 Å². The Morgan fingerprint density at radius 3 is 2.56 bits per heavy atom. The third kappa shape index (κ3) is 2.72. The molecule has 0 aromatic heterocycles. The van der Waals surface area contributed by atoms with Gasteiger partial charge >= 0.3 is 0 Å². The van der Waals surface area contributed by atoms with E-state index in [9.17, 15) is 9.18 Å². The molecule has 0 unspecified atom stereocenters. The molecule has 1 heterocycles. The van der Waals surface area contributed by atoms with Crippen LogP contribution in [0.3, 0.4) is 0 Å². The SMILES string of the molecule is C[C@H]1CN(C(=O)c2c(F)cccc2Br)C[C@H](C)N1. The highest BCUT2D eigenvalue weighted by Gasteiger charge is 2.28. The number of piperazine rings is 1. The largest absolute Gasteiger partial charge is 0.335 e. The lowest BCUT2D eigenvalue weighted by atomic mass is 10.1. The molecule has 3 nitrogen and oxygen atoms in total. The van der Waals surface area contributed by atoms with E-state index in [1.165, 1.54) is 6.07 Å². The van der Waals surface area contributed by atoms with Gasteiger partial charge in [0.1, 0.15) is 5.82 Å². The normalized spacial score (nSPS) is 24.1. The zero-order valence-electron chi connectivity index (χ0n) is 10.4. The first kappa shape index (κ1) is 13.5. The van der Waals surface area contributed by atoms with Crippen molar-refractivity contribution >= 4 is 21.8 Å². The van der Waals surface area contributed by atoms with Gasteiger partial charge in [-0.2, -0.15) is 0 Å². The molecule has 1 aromatic rings. The number of benzene rings is 1. The Kier molecular flexibility index (Phi) is 4.02. The molecule has 0 aliphatic carbocycles. The van der Waals surface area contributed by atoms with Gasteiger partial charge in [0.25, 0.3) is 5.91 Å². The van der Waals surface area contributed by atoms with E-state index < -0.39 is 5.82 Å². The molecule has 5 heteroatoms. The molecule has 1 fully saturated rings. The molecular formula is C13H16BrFN2O. The number of rotatable bonds is 1. The fourth-order valence-electron chi connectivity index (χ4n) is 2.35. The highest BCUT2D eigenvalue weighted by Crippen LogP contribution is 2.22. The molecule has 1 aromatic carbocycles. The number of carbonyl (C=O) groups excluding carboxylic acids is 1. The molecule has 1 saturated heterocycles. The van der Waals surface area contributed by atoms with Gasteiger partial charge in [-0.1, -0.05) is 6.07 Å². The summed E-state index contributed by atoms with van der Waals surface area (Å²) in [7, 11) is 0. The van der Waals surface area contributed by atoms with Crippen molar-refractivity contribution in [2.75, 3.05) is 13.1 Å². The van der Waals surface area contributed by atoms with Gasteiger partial charge in [0, 0.05) is 29.6 Å². The second-order valence-corrected chi connectivity index (χ2v) is 5.63. The minimum Gasteiger partial charge on any atom is -0.335 e. The van der Waals surface area contributed by atoms with Crippen LogP contribution in [0.1, 0.15) is 24.2 Å². The Morgan fingerprint density at radius 2 is 2.00 bits per heavy atom. The lowest BCUT2D eigenvalue weighted by Gasteiger charge is -2.36. The van der Waals surface area contributed by atoms with Gasteiger partial charge in [0.15, 0.2) is 0 Å². The van der Waals surface area contributed by atoms with E-state index >= 15 is 0 Å². The molecule has 0 spiro atoms. The second-order valence-electron chi connectivity index (χ2n) is 4.78. The van der Waals surface area contributed by atoms with Crippen LogP contribution in [0.15, 0.2) is 22.7 Å². The van der Waals surface area contributed by atoms with Gasteiger partial charge in [-0.25, -0.2) is 4.39 Å². The van der Waals surface area contributed by atoms with Gasteiger partial charge < -0.3 is 10.2 Å². The maximum Gasteiger partial charge on any atom is 0.258 e. The Morgan fingerprint density at radius 1 is 1.39 bits per heavy atom. The van der Waals surface area contributed by atoms with E-state index in [-0.39, 0.29) is 23.6 Å². The van der Waals surface area contributed by atoms with Gasteiger partial charge in [0.05, 0.1) is 5.56 Å². The molecule has 2 atom stereocenters. The van der Waals surface area contributed by atoms with Crippen LogP contribution < -0.4 is 5.32 Å². The minimum absolute atomic E-state index is 0.124. The summed E-state index contributed by atoms with van der Waals surface area (Å²) in [6.07, 6.45) is 0. The molecule has 1 amide bonds. The van der Waals surface area contributed by atoms with E-state index in [1.807, 2.05) is 13.8 Å². The average molecular weight is 315 g/mol. The van der Waals surface area contributed by atoms with Crippen molar-refractivity contribution in [2.45, 2.75) is 25.9 Å². The summed E-state index contributed by atoms with van der Waals surface area (Å²) in [6, 6.07) is 5.03. The van der Waals surface area contributed by atoms with Crippen LogP contribution in [0.2, 0.25) is 0 Å². The quantitative estimate of drug-likeness (QED) is 0.863. The van der Waals surface area contributed by atoms with Gasteiger partial charge in [-0.05, 0) is 41.9 Å². The number of carbonyl (C=O) groups is 1. The summed E-state index contributed by atoms with van der Waals surface area (Å²) in [6.45, 7) is 5.24. The van der Waals surface area contributed by atoms with Crippen LogP contribution in [0, 0.1) is 5.82 Å². The Hall–Kier alpha value is -0.940. The summed E-state index contributed by atoms with van der Waals surface area (Å²) in [5.74, 6) is -0.728. The van der Waals surface area contributed by atoms with Gasteiger partial charge in [-0.3, -0.25) is 4.79 Å². The van der Waals surface area contributed by atoms with E-state index in [4.69, 9.17) is 0 Å². The molecule has 98 valence electrons. The Bertz CT molecular complexity index is 436. The minimum atomic E-state index is -0.479. The van der Waals surface area contributed by atoms with Crippen LogP contribution in [0.4, 0.5) is 4.39 Å². The zero-order chi connectivity index (χ0) is 13.3. The molecule has 1 aliphatic rings. The topological polar surface area (TPSA) is 32.3 Å². The van der Waals surface area contributed by atoms with Crippen molar-refractivity contribution in [3.8, 4) is 0 Å². The van der Waals surface area contributed by atoms with Crippen LogP contribution in [-0.4, -0.2) is 36.0 Å². The highest BCUT2D eigenvalue weighted by molar-refractivity contribution is 9.10. The van der Waals surface area contributed by atoms with Gasteiger partial charge in [-0.15, -0.1) is 0 Å². The number of hydrogen-bond acceptors (Lipinski definition) is 2. The molecule has 1 aliphatic heterocycles. The lowest BCUT2D eigenvalue weighted by molar-refractivity contribution is 0.0668. The van der Waals surface area contributed by atoms with Crippen LogP contribution >= 0.6 is 15.9 Å². The number of hydrogen-bond donors (Lipinski definition) is 1. The van der Waals surface area contributed by atoms with Crippen molar-refractivity contribution in [2.24, 2.45) is 0 Å². The monoisotopic (exact) mass is 314 g/mol. The summed E-state index contributed by atoms with van der Waals surface area (Å²) in [5.41, 5.74) is 0.124. The van der Waals surface area contributed by atoms with Crippen LogP contribution in [0.5, 0.6) is 0 Å². The number of nitrogens with zero attached hydrogens (tertiary/aromatic N) is 1. The molecule has 18 heavy (non-hydrogen) atoms. The van der Waals surface area contributed by atoms with Crippen molar-refractivity contribution in [3.63, 3.8) is 0 Å². The lowest BCUT2D eigenvalue weighted by Crippen LogP contribution is -2.56. The van der Waals surface area contributed by atoms with Gasteiger partial charge in [0.2, 0.25) is 0 Å². The molecule has 2 rings (SSSR count). The third-order valence-electron chi connectivity index (χ3n) is 3.02. The first-order valence-electron chi connectivity index (χ1n) is 5.98. The Balaban J connectivity index is 2.26. The van der Waals surface area contributed by atoms with Crippen molar-refractivity contribution in [1.29, 1.82) is 0 Å². The predicted octanol–water partition coefficient (Wildman–Crippen LogP) is 2.41. The highest BCUT2D eigenvalue weighted by atomic mass is 79.9. The summed E-state index contributed by atoms with van der Waals surface area (Å²) in [5, 5.41) is 3.35. The average Bonchev–Trinajstić information content (AvgIpc) is 2.27. The van der Waals surface area contributed by atoms with E-state index in [0.29, 0.717) is 17.6 Å². The standard InChI is InChI=1S/C13H16BrFN2O/c1-8-6-17(7-9(2)16-8)13(18)12-10(14)4-3-5-11(12)15/h3-5,8-9,16H,6-7H2,1-2H3/t8-,9-/m0/s1. The number of amides is 1. The second kappa shape index (κ2) is 5.36. The first-order valence-corrected chi connectivity index (χ1v) is 6.77. The number of nitrogens with one attached hydrogen (secondary N) is 1. The first-order chi connectivity index (χ1) is 8.49. The van der Waals surface area contributed by atoms with Crippen molar-refractivity contribution in [1.82, 2.24) is 10.2 Å². The van der Waals surface area contributed by atoms with Crippen LogP contribution in [-0.2, 0) is 0 Å². The summed E-state index contributed by atoms with van der Waals surface area (Å²) in [4.78, 5) is 14.1. The maximum absolute atomic E-state index is 13.8. The van der Waals surface area contributed by atoms with Crippen LogP contribution in [0.25, 0.3) is 0 Å². The fraction of sp³-hybridized carbons (Fsp3) is 0.462. The molecule has 1 N–H and O–H groups in total. The summed E-state index contributed by atoms with van der Waals surface area (Å²) < 4.78 is 14.3. The van der Waals surface area contributed by atoms with E-state index in [0.717, 1.165) is 0 Å². The Labute approximate surface area is 114 Å².